The lowest BCUT2D eigenvalue weighted by atomic mass is 10.4. The summed E-state index contributed by atoms with van der Waals surface area (Å²) in [4.78, 5) is 16.1. The Labute approximate surface area is 106 Å². The number of hydrogen-bond acceptors (Lipinski definition) is 4. The number of H-pyrrole nitrogens is 1. The van der Waals surface area contributed by atoms with Crippen molar-refractivity contribution in [3.8, 4) is 0 Å². The lowest BCUT2D eigenvalue weighted by molar-refractivity contribution is 0.141. The van der Waals surface area contributed by atoms with Gasteiger partial charge in [-0.3, -0.25) is 9.83 Å². The summed E-state index contributed by atoms with van der Waals surface area (Å²) in [5.74, 6) is 2.55. The molecular weight excluding hydrogens is 238 g/mol. The van der Waals surface area contributed by atoms with E-state index in [1.807, 2.05) is 18.7 Å². The highest BCUT2D eigenvalue weighted by molar-refractivity contribution is 7.98. The van der Waals surface area contributed by atoms with E-state index in [1.54, 1.807) is 20.5 Å². The van der Waals surface area contributed by atoms with E-state index in [9.17, 15) is 0 Å². The molecule has 0 spiro atoms. The number of nitrogens with zero attached hydrogens (tertiary/aromatic N) is 2. The quantitative estimate of drug-likeness (QED) is 0.302. The SMILES string of the molecule is CN=C(NCCSCc1nc[nH]c1C)NOC. The molecule has 7 heteroatoms. The van der Waals surface area contributed by atoms with Gasteiger partial charge in [0.2, 0.25) is 5.96 Å². The summed E-state index contributed by atoms with van der Waals surface area (Å²) in [5.41, 5.74) is 4.92. The first-order valence-corrected chi connectivity index (χ1v) is 6.49. The molecule has 0 amide bonds. The molecule has 0 atom stereocenters. The third kappa shape index (κ3) is 5.10. The maximum Gasteiger partial charge on any atom is 0.215 e. The lowest BCUT2D eigenvalue weighted by Crippen LogP contribution is -2.37. The van der Waals surface area contributed by atoms with Gasteiger partial charge < -0.3 is 10.3 Å². The van der Waals surface area contributed by atoms with Crippen LogP contribution in [0.25, 0.3) is 0 Å². The highest BCUT2D eigenvalue weighted by Gasteiger charge is 2.00. The molecule has 1 aromatic rings. The predicted octanol–water partition coefficient (Wildman–Crippen LogP) is 0.678. The minimum atomic E-state index is 0.643. The van der Waals surface area contributed by atoms with Crippen LogP contribution >= 0.6 is 11.8 Å². The Hall–Kier alpha value is -1.21. The fraction of sp³-hybridized carbons (Fsp3) is 0.600. The Morgan fingerprint density at radius 3 is 3.06 bits per heavy atom. The van der Waals surface area contributed by atoms with Crippen LogP contribution in [0.15, 0.2) is 11.3 Å². The number of guanidine groups is 1. The fourth-order valence-electron chi connectivity index (χ4n) is 1.20. The van der Waals surface area contributed by atoms with Crippen molar-refractivity contribution in [2.75, 3.05) is 26.5 Å². The molecule has 3 N–H and O–H groups in total. The van der Waals surface area contributed by atoms with Crippen molar-refractivity contribution in [3.05, 3.63) is 17.7 Å². The number of aromatic nitrogens is 2. The van der Waals surface area contributed by atoms with Crippen LogP contribution in [0.2, 0.25) is 0 Å². The molecule has 0 aliphatic rings. The molecule has 1 aromatic heterocycles. The smallest absolute Gasteiger partial charge is 0.215 e. The highest BCUT2D eigenvalue weighted by atomic mass is 32.2. The van der Waals surface area contributed by atoms with Gasteiger partial charge in [0.15, 0.2) is 0 Å². The van der Waals surface area contributed by atoms with E-state index < -0.39 is 0 Å². The highest BCUT2D eigenvalue weighted by Crippen LogP contribution is 2.11. The number of aliphatic imine (C=N–C) groups is 1. The van der Waals surface area contributed by atoms with Gasteiger partial charge >= 0.3 is 0 Å². The molecule has 0 fully saturated rings. The monoisotopic (exact) mass is 257 g/mol. The van der Waals surface area contributed by atoms with Gasteiger partial charge in [-0.1, -0.05) is 0 Å². The van der Waals surface area contributed by atoms with Crippen molar-refractivity contribution in [1.29, 1.82) is 0 Å². The third-order valence-corrected chi connectivity index (χ3v) is 3.10. The van der Waals surface area contributed by atoms with Gasteiger partial charge in [0.1, 0.15) is 0 Å². The summed E-state index contributed by atoms with van der Waals surface area (Å²) in [5, 5.41) is 3.13. The zero-order valence-corrected chi connectivity index (χ0v) is 11.2. The van der Waals surface area contributed by atoms with Gasteiger partial charge in [0.25, 0.3) is 0 Å². The lowest BCUT2D eigenvalue weighted by Gasteiger charge is -2.09. The van der Waals surface area contributed by atoms with Gasteiger partial charge in [-0.15, -0.1) is 0 Å². The van der Waals surface area contributed by atoms with E-state index in [0.717, 1.165) is 29.4 Å². The minimum Gasteiger partial charge on any atom is -0.354 e. The molecule has 0 aromatic carbocycles. The summed E-state index contributed by atoms with van der Waals surface area (Å²) < 4.78 is 0. The number of thioether (sulfide) groups is 1. The molecule has 0 saturated carbocycles. The molecule has 17 heavy (non-hydrogen) atoms. The first kappa shape index (κ1) is 13.9. The summed E-state index contributed by atoms with van der Waals surface area (Å²) in [6.07, 6.45) is 1.73. The van der Waals surface area contributed by atoms with E-state index >= 15 is 0 Å². The second-order valence-corrected chi connectivity index (χ2v) is 4.44. The fourth-order valence-corrected chi connectivity index (χ4v) is 2.08. The normalized spacial score (nSPS) is 11.6. The van der Waals surface area contributed by atoms with Crippen molar-refractivity contribution in [3.63, 3.8) is 0 Å². The molecule has 0 aliphatic carbocycles. The Kier molecular flexibility index (Phi) is 6.49. The number of rotatable bonds is 6. The minimum absolute atomic E-state index is 0.643. The number of aryl methyl sites for hydroxylation is 1. The molecule has 96 valence electrons. The average Bonchev–Trinajstić information content (AvgIpc) is 2.73. The topological polar surface area (TPSA) is 74.3 Å². The van der Waals surface area contributed by atoms with E-state index in [4.69, 9.17) is 4.84 Å². The molecule has 6 nitrogen and oxygen atoms in total. The van der Waals surface area contributed by atoms with Crippen molar-refractivity contribution in [1.82, 2.24) is 20.8 Å². The van der Waals surface area contributed by atoms with Crippen molar-refractivity contribution < 1.29 is 4.84 Å². The second kappa shape index (κ2) is 7.97. The molecule has 0 radical (unpaired) electrons. The molecule has 0 unspecified atom stereocenters. The zero-order valence-electron chi connectivity index (χ0n) is 10.4. The van der Waals surface area contributed by atoms with Gasteiger partial charge in [0, 0.05) is 30.8 Å². The number of hydrogen-bond donors (Lipinski definition) is 3. The Morgan fingerprint density at radius 1 is 1.65 bits per heavy atom. The maximum absolute atomic E-state index is 4.76. The van der Waals surface area contributed by atoms with Crippen LogP contribution in [-0.2, 0) is 10.6 Å². The summed E-state index contributed by atoms with van der Waals surface area (Å²) in [6, 6.07) is 0. The van der Waals surface area contributed by atoms with E-state index in [-0.39, 0.29) is 0 Å². The van der Waals surface area contributed by atoms with Gasteiger partial charge in [0.05, 0.1) is 19.1 Å². The third-order valence-electron chi connectivity index (χ3n) is 2.13. The van der Waals surface area contributed by atoms with Gasteiger partial charge in [-0.2, -0.15) is 11.8 Å². The van der Waals surface area contributed by atoms with Crippen LogP contribution in [0.3, 0.4) is 0 Å². The van der Waals surface area contributed by atoms with E-state index in [0.29, 0.717) is 5.96 Å². The molecule has 1 heterocycles. The van der Waals surface area contributed by atoms with Crippen molar-refractivity contribution in [2.45, 2.75) is 12.7 Å². The van der Waals surface area contributed by atoms with Crippen LogP contribution in [0.4, 0.5) is 0 Å². The molecule has 0 saturated heterocycles. The summed E-state index contributed by atoms with van der Waals surface area (Å²) in [6.45, 7) is 2.86. The van der Waals surface area contributed by atoms with Gasteiger partial charge in [-0.05, 0) is 6.92 Å². The van der Waals surface area contributed by atoms with Crippen LogP contribution in [-0.4, -0.2) is 42.4 Å². The standard InChI is InChI=1S/C10H19N5OS/c1-8-9(14-7-13-8)6-17-5-4-12-10(11-2)15-16-3/h7H,4-6H2,1-3H3,(H,13,14)(H2,11,12,15). The van der Waals surface area contributed by atoms with Gasteiger partial charge in [-0.25, -0.2) is 10.5 Å². The molecule has 0 bridgehead atoms. The van der Waals surface area contributed by atoms with Crippen LogP contribution in [0.5, 0.6) is 0 Å². The van der Waals surface area contributed by atoms with Crippen molar-refractivity contribution in [2.24, 2.45) is 4.99 Å². The van der Waals surface area contributed by atoms with E-state index in [2.05, 4.69) is 25.8 Å². The Morgan fingerprint density at radius 2 is 2.47 bits per heavy atom. The average molecular weight is 257 g/mol. The van der Waals surface area contributed by atoms with Crippen LogP contribution in [0, 0.1) is 6.92 Å². The second-order valence-electron chi connectivity index (χ2n) is 3.33. The first-order valence-electron chi connectivity index (χ1n) is 5.34. The summed E-state index contributed by atoms with van der Waals surface area (Å²) in [7, 11) is 3.26. The largest absolute Gasteiger partial charge is 0.354 e. The van der Waals surface area contributed by atoms with Crippen LogP contribution < -0.4 is 10.8 Å². The van der Waals surface area contributed by atoms with Crippen molar-refractivity contribution >= 4 is 17.7 Å². The number of imidazole rings is 1. The predicted molar refractivity (Wildman–Crippen MR) is 71.0 cm³/mol. The molecular formula is C10H19N5OS. The zero-order chi connectivity index (χ0) is 12.5. The number of nitrogens with one attached hydrogen (secondary N) is 3. The van der Waals surface area contributed by atoms with E-state index in [1.165, 1.54) is 0 Å². The Bertz CT molecular complexity index is 352. The Balaban J connectivity index is 2.11. The molecule has 1 rings (SSSR count). The molecule has 0 aliphatic heterocycles. The first-order chi connectivity index (χ1) is 8.27. The number of aromatic amines is 1. The van der Waals surface area contributed by atoms with Crippen LogP contribution in [0.1, 0.15) is 11.4 Å². The maximum atomic E-state index is 4.76. The number of hydroxylamine groups is 1. The summed E-state index contributed by atoms with van der Waals surface area (Å²) >= 11 is 1.83.